The predicted molar refractivity (Wildman–Crippen MR) is 71.2 cm³/mol. The standard InChI is InChI=1S/C15H26O3/c1-3-4-5-8-13-12(10-11-14(13)16)7-6-9-15(17)18-2/h12-13H,3-11H2,1-2H3/t12-,13-/m0/s1. The molecule has 0 saturated heterocycles. The first kappa shape index (κ1) is 15.2. The van der Waals surface area contributed by atoms with Crippen molar-refractivity contribution >= 4 is 11.8 Å². The van der Waals surface area contributed by atoms with E-state index in [4.69, 9.17) is 0 Å². The van der Waals surface area contributed by atoms with Gasteiger partial charge in [-0.2, -0.15) is 0 Å². The molecule has 3 heteroatoms. The lowest BCUT2D eigenvalue weighted by Gasteiger charge is -2.17. The summed E-state index contributed by atoms with van der Waals surface area (Å²) >= 11 is 0. The molecule has 1 fully saturated rings. The van der Waals surface area contributed by atoms with Gasteiger partial charge in [0.15, 0.2) is 0 Å². The van der Waals surface area contributed by atoms with Crippen LogP contribution in [0.25, 0.3) is 0 Å². The number of Topliss-reactive ketones (excluding diaryl/α,β-unsaturated/α-hetero) is 1. The van der Waals surface area contributed by atoms with Gasteiger partial charge < -0.3 is 4.74 Å². The van der Waals surface area contributed by atoms with Crippen molar-refractivity contribution in [3.05, 3.63) is 0 Å². The second-order valence-electron chi connectivity index (χ2n) is 5.34. The number of hydrogen-bond acceptors (Lipinski definition) is 3. The minimum Gasteiger partial charge on any atom is -0.469 e. The van der Waals surface area contributed by atoms with Crippen LogP contribution in [0.4, 0.5) is 0 Å². The summed E-state index contributed by atoms with van der Waals surface area (Å²) in [6, 6.07) is 0. The molecule has 0 aromatic rings. The van der Waals surface area contributed by atoms with Crippen LogP contribution in [0, 0.1) is 11.8 Å². The average Bonchev–Trinajstić information content (AvgIpc) is 2.71. The van der Waals surface area contributed by atoms with Gasteiger partial charge in [-0.05, 0) is 31.6 Å². The summed E-state index contributed by atoms with van der Waals surface area (Å²) in [7, 11) is 1.43. The fraction of sp³-hybridized carbons (Fsp3) is 0.867. The Morgan fingerprint density at radius 3 is 2.72 bits per heavy atom. The highest BCUT2D eigenvalue weighted by atomic mass is 16.5. The Kier molecular flexibility index (Phi) is 6.99. The molecule has 18 heavy (non-hydrogen) atoms. The van der Waals surface area contributed by atoms with Crippen molar-refractivity contribution in [2.24, 2.45) is 11.8 Å². The minimum absolute atomic E-state index is 0.137. The van der Waals surface area contributed by atoms with E-state index in [1.807, 2.05) is 0 Å². The lowest BCUT2D eigenvalue weighted by Crippen LogP contribution is -2.15. The van der Waals surface area contributed by atoms with Crippen LogP contribution in [0.5, 0.6) is 0 Å². The maximum absolute atomic E-state index is 11.8. The first-order chi connectivity index (χ1) is 8.69. The fourth-order valence-electron chi connectivity index (χ4n) is 2.94. The van der Waals surface area contributed by atoms with Gasteiger partial charge in [0.25, 0.3) is 0 Å². The van der Waals surface area contributed by atoms with Crippen LogP contribution in [0.3, 0.4) is 0 Å². The highest BCUT2D eigenvalue weighted by Crippen LogP contribution is 2.36. The molecular formula is C15H26O3. The van der Waals surface area contributed by atoms with Crippen LogP contribution < -0.4 is 0 Å². The largest absolute Gasteiger partial charge is 0.469 e. The van der Waals surface area contributed by atoms with E-state index in [0.717, 1.165) is 32.1 Å². The van der Waals surface area contributed by atoms with Gasteiger partial charge in [-0.15, -0.1) is 0 Å². The summed E-state index contributed by atoms with van der Waals surface area (Å²) in [4.78, 5) is 22.9. The van der Waals surface area contributed by atoms with Gasteiger partial charge in [0.2, 0.25) is 0 Å². The highest BCUT2D eigenvalue weighted by Gasteiger charge is 2.33. The second-order valence-corrected chi connectivity index (χ2v) is 5.34. The third kappa shape index (κ3) is 4.79. The van der Waals surface area contributed by atoms with Crippen LogP contribution in [0.2, 0.25) is 0 Å². The maximum atomic E-state index is 11.8. The third-order valence-corrected chi connectivity index (χ3v) is 4.05. The summed E-state index contributed by atoms with van der Waals surface area (Å²) in [6.45, 7) is 2.18. The van der Waals surface area contributed by atoms with E-state index in [1.54, 1.807) is 0 Å². The van der Waals surface area contributed by atoms with Crippen LogP contribution in [0.15, 0.2) is 0 Å². The predicted octanol–water partition coefficient (Wildman–Crippen LogP) is 3.51. The summed E-state index contributed by atoms with van der Waals surface area (Å²) in [5, 5.41) is 0. The summed E-state index contributed by atoms with van der Waals surface area (Å²) < 4.78 is 4.64. The Hall–Kier alpha value is -0.860. The first-order valence-electron chi connectivity index (χ1n) is 7.28. The number of hydrogen-bond donors (Lipinski definition) is 0. The number of rotatable bonds is 8. The Morgan fingerprint density at radius 1 is 1.28 bits per heavy atom. The molecule has 1 aliphatic carbocycles. The molecule has 104 valence electrons. The molecule has 1 aliphatic rings. The Labute approximate surface area is 110 Å². The molecular weight excluding hydrogens is 228 g/mol. The van der Waals surface area contributed by atoms with Crippen LogP contribution in [-0.4, -0.2) is 18.9 Å². The molecule has 2 atom stereocenters. The Balaban J connectivity index is 2.29. The number of ether oxygens (including phenoxy) is 1. The second kappa shape index (κ2) is 8.28. The molecule has 3 nitrogen and oxygen atoms in total. The van der Waals surface area contributed by atoms with Crippen molar-refractivity contribution in [3.8, 4) is 0 Å². The van der Waals surface area contributed by atoms with E-state index >= 15 is 0 Å². The van der Waals surface area contributed by atoms with E-state index in [2.05, 4.69) is 11.7 Å². The van der Waals surface area contributed by atoms with E-state index in [0.29, 0.717) is 18.1 Å². The van der Waals surface area contributed by atoms with Crippen molar-refractivity contribution in [2.75, 3.05) is 7.11 Å². The molecule has 0 aromatic carbocycles. The van der Waals surface area contributed by atoms with Crippen molar-refractivity contribution in [1.82, 2.24) is 0 Å². The van der Waals surface area contributed by atoms with E-state index in [-0.39, 0.29) is 11.9 Å². The molecule has 0 unspecified atom stereocenters. The maximum Gasteiger partial charge on any atom is 0.305 e. The normalized spacial score (nSPS) is 23.3. The number of ketones is 1. The Morgan fingerprint density at radius 2 is 2.06 bits per heavy atom. The average molecular weight is 254 g/mol. The molecule has 0 N–H and O–H groups in total. The first-order valence-corrected chi connectivity index (χ1v) is 7.28. The van der Waals surface area contributed by atoms with E-state index < -0.39 is 0 Å². The zero-order chi connectivity index (χ0) is 13.4. The molecule has 1 saturated carbocycles. The molecule has 0 amide bonds. The third-order valence-electron chi connectivity index (χ3n) is 4.05. The SMILES string of the molecule is CCCCC[C@@H]1C(=O)CC[C@@H]1CCCC(=O)OC. The molecule has 0 heterocycles. The van der Waals surface area contributed by atoms with Crippen molar-refractivity contribution in [1.29, 1.82) is 0 Å². The van der Waals surface area contributed by atoms with Gasteiger partial charge in [0.1, 0.15) is 5.78 Å². The molecule has 0 spiro atoms. The summed E-state index contributed by atoms with van der Waals surface area (Å²) in [5.74, 6) is 1.10. The molecule has 0 aromatic heterocycles. The molecule has 1 rings (SSSR count). The number of esters is 1. The van der Waals surface area contributed by atoms with Gasteiger partial charge in [0, 0.05) is 18.8 Å². The zero-order valence-corrected chi connectivity index (χ0v) is 11.7. The summed E-state index contributed by atoms with van der Waals surface area (Å²) in [5.41, 5.74) is 0. The van der Waals surface area contributed by atoms with Gasteiger partial charge in [-0.25, -0.2) is 0 Å². The van der Waals surface area contributed by atoms with E-state index in [1.165, 1.54) is 26.4 Å². The lowest BCUT2D eigenvalue weighted by atomic mass is 9.86. The monoisotopic (exact) mass is 254 g/mol. The zero-order valence-electron chi connectivity index (χ0n) is 11.7. The van der Waals surface area contributed by atoms with Gasteiger partial charge in [-0.3, -0.25) is 9.59 Å². The molecule has 0 radical (unpaired) electrons. The lowest BCUT2D eigenvalue weighted by molar-refractivity contribution is -0.140. The van der Waals surface area contributed by atoms with Crippen molar-refractivity contribution in [2.45, 2.75) is 64.7 Å². The van der Waals surface area contributed by atoms with Gasteiger partial charge >= 0.3 is 5.97 Å². The number of carbonyl (C=O) groups is 2. The quantitative estimate of drug-likeness (QED) is 0.492. The highest BCUT2D eigenvalue weighted by molar-refractivity contribution is 5.83. The van der Waals surface area contributed by atoms with E-state index in [9.17, 15) is 9.59 Å². The van der Waals surface area contributed by atoms with Gasteiger partial charge in [-0.1, -0.05) is 26.2 Å². The number of unbranched alkanes of at least 4 members (excludes halogenated alkanes) is 2. The van der Waals surface area contributed by atoms with Crippen LogP contribution in [-0.2, 0) is 14.3 Å². The van der Waals surface area contributed by atoms with Crippen molar-refractivity contribution < 1.29 is 14.3 Å². The number of methoxy groups -OCH3 is 1. The summed E-state index contributed by atoms with van der Waals surface area (Å²) in [6.07, 6.45) is 8.76. The smallest absolute Gasteiger partial charge is 0.305 e. The van der Waals surface area contributed by atoms with Crippen LogP contribution in [0.1, 0.15) is 64.7 Å². The minimum atomic E-state index is -0.137. The fourth-order valence-corrected chi connectivity index (χ4v) is 2.94. The molecule has 0 bridgehead atoms. The molecule has 0 aliphatic heterocycles. The Bertz CT molecular complexity index is 273. The van der Waals surface area contributed by atoms with Gasteiger partial charge in [0.05, 0.1) is 7.11 Å². The van der Waals surface area contributed by atoms with Crippen LogP contribution >= 0.6 is 0 Å². The number of carbonyl (C=O) groups excluding carboxylic acids is 2. The van der Waals surface area contributed by atoms with Crippen molar-refractivity contribution in [3.63, 3.8) is 0 Å². The topological polar surface area (TPSA) is 43.4 Å².